The molecule has 0 aliphatic heterocycles. The molecule has 0 saturated carbocycles. The molecular formula is C20H17N3O2. The summed E-state index contributed by atoms with van der Waals surface area (Å²) < 4.78 is 0. The van der Waals surface area contributed by atoms with Crippen LogP contribution < -0.4 is 10.9 Å². The Bertz CT molecular complexity index is 1020. The highest BCUT2D eigenvalue weighted by molar-refractivity contribution is 5.94. The third-order valence-corrected chi connectivity index (χ3v) is 3.77. The molecule has 0 bridgehead atoms. The van der Waals surface area contributed by atoms with Crippen molar-refractivity contribution in [1.82, 2.24) is 15.3 Å². The van der Waals surface area contributed by atoms with Crippen LogP contribution in [0.25, 0.3) is 10.9 Å². The summed E-state index contributed by atoms with van der Waals surface area (Å²) in [6.07, 6.45) is 1.40. The first kappa shape index (κ1) is 16.6. The number of rotatable bonds is 4. The lowest BCUT2D eigenvalue weighted by Gasteiger charge is -2.02. The van der Waals surface area contributed by atoms with Crippen molar-refractivity contribution in [3.8, 4) is 11.8 Å². The molecule has 0 aliphatic carbocycles. The molecule has 0 saturated heterocycles. The zero-order valence-electron chi connectivity index (χ0n) is 13.8. The van der Waals surface area contributed by atoms with Crippen molar-refractivity contribution in [3.63, 3.8) is 0 Å². The van der Waals surface area contributed by atoms with Crippen LogP contribution in [0.2, 0.25) is 0 Å². The molecule has 0 atom stereocenters. The van der Waals surface area contributed by atoms with Crippen LogP contribution in [0.5, 0.6) is 0 Å². The van der Waals surface area contributed by atoms with Gasteiger partial charge in [-0.3, -0.25) is 9.59 Å². The summed E-state index contributed by atoms with van der Waals surface area (Å²) in [4.78, 5) is 29.7. The summed E-state index contributed by atoms with van der Waals surface area (Å²) in [7, 11) is 0. The van der Waals surface area contributed by atoms with Gasteiger partial charge in [0, 0.05) is 17.7 Å². The van der Waals surface area contributed by atoms with Gasteiger partial charge in [0.1, 0.15) is 0 Å². The number of ketones is 1. The fourth-order valence-corrected chi connectivity index (χ4v) is 2.43. The van der Waals surface area contributed by atoms with Gasteiger partial charge in [0.25, 0.3) is 5.56 Å². The van der Waals surface area contributed by atoms with Gasteiger partial charge in [-0.25, -0.2) is 4.98 Å². The number of hydrogen-bond acceptors (Lipinski definition) is 4. The molecule has 1 aromatic heterocycles. The van der Waals surface area contributed by atoms with Gasteiger partial charge in [0.05, 0.1) is 23.8 Å². The minimum absolute atomic E-state index is 0.0468. The van der Waals surface area contributed by atoms with Gasteiger partial charge >= 0.3 is 0 Å². The zero-order valence-corrected chi connectivity index (χ0v) is 13.8. The summed E-state index contributed by atoms with van der Waals surface area (Å²) in [5.41, 5.74) is 3.10. The third-order valence-electron chi connectivity index (χ3n) is 3.77. The number of benzene rings is 2. The van der Waals surface area contributed by atoms with E-state index in [1.54, 1.807) is 19.1 Å². The lowest BCUT2D eigenvalue weighted by atomic mass is 10.1. The molecule has 5 heteroatoms. The van der Waals surface area contributed by atoms with Crippen LogP contribution in [0, 0.1) is 11.8 Å². The monoisotopic (exact) mass is 331 g/mol. The van der Waals surface area contributed by atoms with E-state index < -0.39 is 0 Å². The second-order valence-corrected chi connectivity index (χ2v) is 5.62. The Labute approximate surface area is 145 Å². The number of fused-ring (bicyclic) bond motifs is 1. The SMILES string of the molecule is CC(=O)c1ccc(C#CCNCc2ccc3nc[nH]c(=O)c3c2)cc1. The number of hydrogen-bond donors (Lipinski definition) is 2. The Morgan fingerprint density at radius 2 is 2.00 bits per heavy atom. The van der Waals surface area contributed by atoms with E-state index in [4.69, 9.17) is 0 Å². The van der Waals surface area contributed by atoms with Gasteiger partial charge in [-0.2, -0.15) is 0 Å². The molecular weight excluding hydrogens is 314 g/mol. The molecule has 1 heterocycles. The van der Waals surface area contributed by atoms with Crippen molar-refractivity contribution in [2.24, 2.45) is 0 Å². The van der Waals surface area contributed by atoms with Crippen molar-refractivity contribution in [3.05, 3.63) is 75.8 Å². The summed E-state index contributed by atoms with van der Waals surface area (Å²) in [5.74, 6) is 6.14. The Morgan fingerprint density at radius 3 is 2.76 bits per heavy atom. The van der Waals surface area contributed by atoms with Crippen LogP contribution >= 0.6 is 0 Å². The Morgan fingerprint density at radius 1 is 1.20 bits per heavy atom. The van der Waals surface area contributed by atoms with E-state index in [1.165, 1.54) is 6.33 Å². The average molecular weight is 331 g/mol. The van der Waals surface area contributed by atoms with E-state index in [0.717, 1.165) is 11.1 Å². The average Bonchev–Trinajstić information content (AvgIpc) is 2.62. The molecule has 3 rings (SSSR count). The first-order chi connectivity index (χ1) is 12.1. The van der Waals surface area contributed by atoms with Crippen LogP contribution in [0.15, 0.2) is 53.6 Å². The van der Waals surface area contributed by atoms with Gasteiger partial charge < -0.3 is 10.3 Å². The summed E-state index contributed by atoms with van der Waals surface area (Å²) in [6, 6.07) is 12.8. The molecule has 2 N–H and O–H groups in total. The second-order valence-electron chi connectivity index (χ2n) is 5.62. The second kappa shape index (κ2) is 7.56. The highest BCUT2D eigenvalue weighted by atomic mass is 16.1. The molecule has 124 valence electrons. The lowest BCUT2D eigenvalue weighted by Crippen LogP contribution is -2.14. The largest absolute Gasteiger partial charge is 0.313 e. The fourth-order valence-electron chi connectivity index (χ4n) is 2.43. The van der Waals surface area contributed by atoms with Crippen LogP contribution in [0.1, 0.15) is 28.4 Å². The maximum Gasteiger partial charge on any atom is 0.258 e. The molecule has 25 heavy (non-hydrogen) atoms. The number of H-pyrrole nitrogens is 1. The zero-order chi connectivity index (χ0) is 17.6. The number of carbonyl (C=O) groups is 1. The van der Waals surface area contributed by atoms with Gasteiger partial charge in [0.2, 0.25) is 0 Å². The van der Waals surface area contributed by atoms with Crippen molar-refractivity contribution in [1.29, 1.82) is 0 Å². The highest BCUT2D eigenvalue weighted by Gasteiger charge is 2.01. The Kier molecular flexibility index (Phi) is 5.03. The van der Waals surface area contributed by atoms with Gasteiger partial charge in [0.15, 0.2) is 5.78 Å². The van der Waals surface area contributed by atoms with Crippen molar-refractivity contribution in [2.45, 2.75) is 13.5 Å². The molecule has 0 radical (unpaired) electrons. The molecule has 0 amide bonds. The van der Waals surface area contributed by atoms with Crippen molar-refractivity contribution in [2.75, 3.05) is 6.54 Å². The van der Waals surface area contributed by atoms with Crippen LogP contribution in [-0.4, -0.2) is 22.3 Å². The smallest absolute Gasteiger partial charge is 0.258 e. The maximum atomic E-state index is 11.8. The maximum absolute atomic E-state index is 11.8. The Balaban J connectivity index is 1.58. The number of aromatic nitrogens is 2. The number of Topliss-reactive ketones (excluding diaryl/α,β-unsaturated/α-hetero) is 1. The minimum atomic E-state index is -0.138. The summed E-state index contributed by atoms with van der Waals surface area (Å²) >= 11 is 0. The molecule has 0 unspecified atom stereocenters. The molecule has 3 aromatic rings. The number of nitrogens with zero attached hydrogens (tertiary/aromatic N) is 1. The van der Waals surface area contributed by atoms with E-state index in [9.17, 15) is 9.59 Å². The van der Waals surface area contributed by atoms with E-state index in [0.29, 0.717) is 29.6 Å². The van der Waals surface area contributed by atoms with E-state index in [1.807, 2.05) is 30.3 Å². The minimum Gasteiger partial charge on any atom is -0.313 e. The molecule has 0 aliphatic rings. The number of aromatic amines is 1. The van der Waals surface area contributed by atoms with Gasteiger partial charge in [-0.15, -0.1) is 0 Å². The third kappa shape index (κ3) is 4.19. The molecule has 0 fully saturated rings. The summed E-state index contributed by atoms with van der Waals surface area (Å²) in [5, 5.41) is 3.81. The van der Waals surface area contributed by atoms with Crippen LogP contribution in [0.4, 0.5) is 0 Å². The number of nitrogens with one attached hydrogen (secondary N) is 2. The van der Waals surface area contributed by atoms with E-state index in [-0.39, 0.29) is 11.3 Å². The Hall–Kier alpha value is -3.23. The highest BCUT2D eigenvalue weighted by Crippen LogP contribution is 2.09. The van der Waals surface area contributed by atoms with Crippen molar-refractivity contribution >= 4 is 16.7 Å². The van der Waals surface area contributed by atoms with E-state index >= 15 is 0 Å². The lowest BCUT2D eigenvalue weighted by molar-refractivity contribution is 0.101. The summed E-state index contributed by atoms with van der Waals surface area (Å²) in [6.45, 7) is 2.68. The standard InChI is InChI=1S/C20H17N3O2/c1-14(24)17-7-4-15(5-8-17)3-2-10-21-12-16-6-9-19-18(11-16)20(25)23-13-22-19/h4-9,11,13,21H,10,12H2,1H3,(H,22,23,25). The van der Waals surface area contributed by atoms with Gasteiger partial charge in [-0.05, 0) is 36.8 Å². The quantitative estimate of drug-likeness (QED) is 0.437. The first-order valence-corrected chi connectivity index (χ1v) is 7.90. The predicted octanol–water partition coefficient (Wildman–Crippen LogP) is 2.27. The fraction of sp³-hybridized carbons (Fsp3) is 0.150. The number of carbonyl (C=O) groups excluding carboxylic acids is 1. The van der Waals surface area contributed by atoms with Gasteiger partial charge in [-0.1, -0.05) is 30.0 Å². The predicted molar refractivity (Wildman–Crippen MR) is 97.4 cm³/mol. The normalized spacial score (nSPS) is 10.3. The van der Waals surface area contributed by atoms with Crippen LogP contribution in [-0.2, 0) is 6.54 Å². The van der Waals surface area contributed by atoms with Crippen LogP contribution in [0.3, 0.4) is 0 Å². The topological polar surface area (TPSA) is 74.8 Å². The first-order valence-electron chi connectivity index (χ1n) is 7.90. The molecule has 0 spiro atoms. The molecule has 5 nitrogen and oxygen atoms in total. The molecule has 2 aromatic carbocycles. The van der Waals surface area contributed by atoms with E-state index in [2.05, 4.69) is 27.1 Å². The van der Waals surface area contributed by atoms with Crippen molar-refractivity contribution < 1.29 is 4.79 Å².